The molecule has 0 radical (unpaired) electrons. The number of thioether (sulfide) groups is 1. The minimum atomic E-state index is -0.114. The van der Waals surface area contributed by atoms with Gasteiger partial charge in [0.1, 0.15) is 0 Å². The molecule has 3 aromatic rings. The summed E-state index contributed by atoms with van der Waals surface area (Å²) >= 11 is 4.19. The second-order valence-corrected chi connectivity index (χ2v) is 8.77. The zero-order chi connectivity index (χ0) is 19.2. The van der Waals surface area contributed by atoms with E-state index in [9.17, 15) is 4.79 Å². The molecule has 0 atom stereocenters. The molecule has 1 aromatic carbocycles. The van der Waals surface area contributed by atoms with E-state index in [0.29, 0.717) is 11.7 Å². The van der Waals surface area contributed by atoms with Crippen LogP contribution in [-0.4, -0.2) is 33.4 Å². The Kier molecular flexibility index (Phi) is 6.59. The zero-order valence-electron chi connectivity index (χ0n) is 15.0. The number of hydrogen-bond acceptors (Lipinski definition) is 8. The van der Waals surface area contributed by atoms with Gasteiger partial charge in [0.2, 0.25) is 11.0 Å². The number of aromatic nitrogens is 3. The van der Waals surface area contributed by atoms with Crippen molar-refractivity contribution in [1.82, 2.24) is 15.2 Å². The highest BCUT2D eigenvalue weighted by Crippen LogP contribution is 2.28. The molecule has 0 aliphatic carbocycles. The highest BCUT2D eigenvalue weighted by molar-refractivity contribution is 8.01. The molecule has 0 unspecified atom stereocenters. The van der Waals surface area contributed by atoms with Gasteiger partial charge in [-0.05, 0) is 31.0 Å². The lowest BCUT2D eigenvalue weighted by atomic mass is 10.1. The molecule has 1 amide bonds. The standard InChI is InChI=1S/C18H19N5OS3/c1-4-7-19-16-22-23-18(27-16)26-10-15(24)21-17-20-14(9-25-17)13-6-5-11(2)12(3)8-13/h4-6,8-9H,1,7,10H2,2-3H3,(H,19,22)(H,20,21,24). The molecule has 2 heterocycles. The molecule has 0 saturated carbocycles. The van der Waals surface area contributed by atoms with Crippen molar-refractivity contribution >= 4 is 50.6 Å². The number of benzene rings is 1. The Morgan fingerprint density at radius 1 is 1.26 bits per heavy atom. The lowest BCUT2D eigenvalue weighted by Crippen LogP contribution is -2.13. The maximum absolute atomic E-state index is 12.2. The number of nitrogens with one attached hydrogen (secondary N) is 2. The third-order valence-corrected chi connectivity index (χ3v) is 6.46. The Hall–Kier alpha value is -2.23. The van der Waals surface area contributed by atoms with Crippen LogP contribution in [-0.2, 0) is 4.79 Å². The summed E-state index contributed by atoms with van der Waals surface area (Å²) in [5.74, 6) is 0.144. The number of nitrogens with zero attached hydrogens (tertiary/aromatic N) is 3. The van der Waals surface area contributed by atoms with Crippen molar-refractivity contribution in [2.75, 3.05) is 22.9 Å². The van der Waals surface area contributed by atoms with Crippen LogP contribution in [0.2, 0.25) is 0 Å². The average Bonchev–Trinajstić information content (AvgIpc) is 3.30. The van der Waals surface area contributed by atoms with E-state index < -0.39 is 0 Å². The van der Waals surface area contributed by atoms with Crippen LogP contribution in [0.5, 0.6) is 0 Å². The first-order valence-electron chi connectivity index (χ1n) is 8.19. The van der Waals surface area contributed by atoms with E-state index in [1.807, 2.05) is 11.4 Å². The molecule has 140 valence electrons. The molecule has 0 saturated heterocycles. The van der Waals surface area contributed by atoms with Crippen LogP contribution in [0, 0.1) is 13.8 Å². The predicted octanol–water partition coefficient (Wildman–Crippen LogP) is 4.61. The first kappa shape index (κ1) is 19.5. The zero-order valence-corrected chi connectivity index (χ0v) is 17.4. The summed E-state index contributed by atoms with van der Waals surface area (Å²) in [6.07, 6.45) is 1.75. The molecular formula is C18H19N5OS3. The van der Waals surface area contributed by atoms with Gasteiger partial charge in [-0.2, -0.15) is 0 Å². The summed E-state index contributed by atoms with van der Waals surface area (Å²) < 4.78 is 0.742. The average molecular weight is 418 g/mol. The number of hydrogen-bond donors (Lipinski definition) is 2. The Bertz CT molecular complexity index is 950. The number of amides is 1. The molecule has 0 aliphatic heterocycles. The molecule has 9 heteroatoms. The summed E-state index contributed by atoms with van der Waals surface area (Å²) in [7, 11) is 0. The SMILES string of the molecule is C=CCNc1nnc(SCC(=O)Nc2nc(-c3ccc(C)c(C)c3)cs2)s1. The van der Waals surface area contributed by atoms with E-state index in [1.54, 1.807) is 6.08 Å². The maximum Gasteiger partial charge on any atom is 0.236 e. The van der Waals surface area contributed by atoms with Gasteiger partial charge in [-0.1, -0.05) is 41.3 Å². The fourth-order valence-electron chi connectivity index (χ4n) is 2.15. The van der Waals surface area contributed by atoms with Crippen molar-refractivity contribution in [1.29, 1.82) is 0 Å². The van der Waals surface area contributed by atoms with Crippen LogP contribution in [0.15, 0.2) is 40.6 Å². The van der Waals surface area contributed by atoms with Gasteiger partial charge in [-0.3, -0.25) is 4.79 Å². The summed E-state index contributed by atoms with van der Waals surface area (Å²) in [5.41, 5.74) is 4.39. The maximum atomic E-state index is 12.2. The lowest BCUT2D eigenvalue weighted by Gasteiger charge is -2.02. The third kappa shape index (κ3) is 5.38. The molecule has 2 N–H and O–H groups in total. The number of aryl methyl sites for hydroxylation is 2. The summed E-state index contributed by atoms with van der Waals surface area (Å²) in [6.45, 7) is 8.44. The van der Waals surface area contributed by atoms with Crippen LogP contribution in [0.25, 0.3) is 11.3 Å². The first-order valence-corrected chi connectivity index (χ1v) is 10.9. The summed E-state index contributed by atoms with van der Waals surface area (Å²) in [6, 6.07) is 6.24. The molecule has 0 fully saturated rings. The fourth-order valence-corrected chi connectivity index (χ4v) is 4.44. The second-order valence-electron chi connectivity index (χ2n) is 5.72. The predicted molar refractivity (Wildman–Crippen MR) is 115 cm³/mol. The number of carbonyl (C=O) groups excluding carboxylic acids is 1. The molecule has 0 aliphatic rings. The van der Waals surface area contributed by atoms with Gasteiger partial charge in [0, 0.05) is 17.5 Å². The number of carbonyl (C=O) groups is 1. The van der Waals surface area contributed by atoms with Gasteiger partial charge in [-0.25, -0.2) is 4.98 Å². The Labute approximate surface area is 170 Å². The Balaban J connectivity index is 1.54. The van der Waals surface area contributed by atoms with Gasteiger partial charge in [0.15, 0.2) is 9.47 Å². The largest absolute Gasteiger partial charge is 0.357 e. The van der Waals surface area contributed by atoms with Crippen molar-refractivity contribution in [3.05, 3.63) is 47.4 Å². The van der Waals surface area contributed by atoms with Gasteiger partial charge in [0.05, 0.1) is 11.4 Å². The van der Waals surface area contributed by atoms with Crippen molar-refractivity contribution < 1.29 is 4.79 Å². The van der Waals surface area contributed by atoms with Crippen LogP contribution < -0.4 is 10.6 Å². The van der Waals surface area contributed by atoms with Gasteiger partial charge in [-0.15, -0.1) is 28.1 Å². The van der Waals surface area contributed by atoms with E-state index in [1.165, 1.54) is 45.6 Å². The number of rotatable bonds is 8. The lowest BCUT2D eigenvalue weighted by molar-refractivity contribution is -0.113. The van der Waals surface area contributed by atoms with E-state index in [-0.39, 0.29) is 11.7 Å². The smallest absolute Gasteiger partial charge is 0.236 e. The first-order chi connectivity index (χ1) is 13.0. The van der Waals surface area contributed by atoms with Gasteiger partial charge < -0.3 is 10.6 Å². The van der Waals surface area contributed by atoms with E-state index >= 15 is 0 Å². The van der Waals surface area contributed by atoms with Crippen LogP contribution in [0.4, 0.5) is 10.3 Å². The van der Waals surface area contributed by atoms with Gasteiger partial charge >= 0.3 is 0 Å². The fraction of sp³-hybridized carbons (Fsp3) is 0.222. The topological polar surface area (TPSA) is 79.8 Å². The highest BCUT2D eigenvalue weighted by atomic mass is 32.2. The molecule has 3 rings (SSSR count). The molecule has 0 spiro atoms. The number of thiazole rings is 1. The second kappa shape index (κ2) is 9.12. The van der Waals surface area contributed by atoms with Crippen molar-refractivity contribution in [2.45, 2.75) is 18.2 Å². The van der Waals surface area contributed by atoms with Crippen molar-refractivity contribution in [2.24, 2.45) is 0 Å². The normalized spacial score (nSPS) is 10.6. The molecule has 2 aromatic heterocycles. The van der Waals surface area contributed by atoms with E-state index in [0.717, 1.165) is 20.7 Å². The molecule has 6 nitrogen and oxygen atoms in total. The Morgan fingerprint density at radius 3 is 2.89 bits per heavy atom. The highest BCUT2D eigenvalue weighted by Gasteiger charge is 2.11. The molecule has 0 bridgehead atoms. The minimum absolute atomic E-state index is 0.114. The van der Waals surface area contributed by atoms with Gasteiger partial charge in [0.25, 0.3) is 0 Å². The van der Waals surface area contributed by atoms with Crippen LogP contribution in [0.1, 0.15) is 11.1 Å². The quantitative estimate of drug-likeness (QED) is 0.412. The molecular weight excluding hydrogens is 398 g/mol. The van der Waals surface area contributed by atoms with Crippen molar-refractivity contribution in [3.63, 3.8) is 0 Å². The van der Waals surface area contributed by atoms with Crippen LogP contribution >= 0.6 is 34.4 Å². The monoisotopic (exact) mass is 417 g/mol. The third-order valence-electron chi connectivity index (χ3n) is 3.68. The summed E-state index contributed by atoms with van der Waals surface area (Å²) in [5, 5.41) is 17.2. The van der Waals surface area contributed by atoms with Crippen molar-refractivity contribution in [3.8, 4) is 11.3 Å². The Morgan fingerprint density at radius 2 is 2.11 bits per heavy atom. The number of anilines is 2. The van der Waals surface area contributed by atoms with E-state index in [4.69, 9.17) is 0 Å². The van der Waals surface area contributed by atoms with Crippen LogP contribution in [0.3, 0.4) is 0 Å². The summed E-state index contributed by atoms with van der Waals surface area (Å²) in [4.78, 5) is 16.7. The molecule has 27 heavy (non-hydrogen) atoms. The van der Waals surface area contributed by atoms with E-state index in [2.05, 4.69) is 58.4 Å². The minimum Gasteiger partial charge on any atom is -0.357 e.